The Morgan fingerprint density at radius 2 is 1.64 bits per heavy atom. The van der Waals surface area contributed by atoms with Crippen LogP contribution in [0, 0.1) is 18.6 Å². The topological polar surface area (TPSA) is 29.9 Å². The van der Waals surface area contributed by atoms with Gasteiger partial charge in [-0.3, -0.25) is 0 Å². The van der Waals surface area contributed by atoms with Crippen LogP contribution in [0.4, 0.5) is 27.6 Å². The van der Waals surface area contributed by atoms with Crippen molar-refractivity contribution in [3.05, 3.63) is 77.1 Å². The maximum atomic E-state index is 14.4. The smallest absolute Gasteiger partial charge is 0.381 e. The highest BCUT2D eigenvalue weighted by Gasteiger charge is 2.34. The number of anilines is 1. The minimum Gasteiger partial charge on any atom is -0.381 e. The Kier molecular flexibility index (Phi) is 6.77. The van der Waals surface area contributed by atoms with Gasteiger partial charge in [0.15, 0.2) is 11.5 Å². The number of aryl methyl sites for hydroxylation is 1. The van der Waals surface area contributed by atoms with Gasteiger partial charge in [0.05, 0.1) is 0 Å². The van der Waals surface area contributed by atoms with Gasteiger partial charge in [0, 0.05) is 23.5 Å². The third kappa shape index (κ3) is 4.88. The summed E-state index contributed by atoms with van der Waals surface area (Å²) >= 11 is 0. The highest BCUT2D eigenvalue weighted by atomic mass is 19.4. The van der Waals surface area contributed by atoms with Gasteiger partial charge in [0.25, 0.3) is 0 Å². The van der Waals surface area contributed by atoms with E-state index in [0.29, 0.717) is 11.3 Å². The second-order valence-electron chi connectivity index (χ2n) is 5.69. The summed E-state index contributed by atoms with van der Waals surface area (Å²) in [5, 5.41) is 6.30. The van der Waals surface area contributed by atoms with Crippen LogP contribution in [0.2, 0.25) is 0 Å². The zero-order valence-corrected chi connectivity index (χ0v) is 15.6. The molecule has 0 aliphatic carbocycles. The van der Waals surface area contributed by atoms with Crippen LogP contribution in [0.5, 0.6) is 0 Å². The molecule has 3 rings (SSSR count). The molecule has 3 aromatic rings. The van der Waals surface area contributed by atoms with Gasteiger partial charge in [-0.15, -0.1) is 0 Å². The van der Waals surface area contributed by atoms with Gasteiger partial charge >= 0.3 is 6.18 Å². The van der Waals surface area contributed by atoms with Gasteiger partial charge in [-0.2, -0.15) is 18.3 Å². The van der Waals surface area contributed by atoms with Crippen molar-refractivity contribution < 1.29 is 22.0 Å². The van der Waals surface area contributed by atoms with E-state index in [1.54, 1.807) is 18.2 Å². The molecular formula is C20H20F5N3. The Bertz CT molecular complexity index is 932. The summed E-state index contributed by atoms with van der Waals surface area (Å²) in [6.07, 6.45) is -4.60. The fourth-order valence-corrected chi connectivity index (χ4v) is 2.48. The van der Waals surface area contributed by atoms with Gasteiger partial charge in [-0.1, -0.05) is 32.0 Å². The lowest BCUT2D eigenvalue weighted by Crippen LogP contribution is -2.08. The van der Waals surface area contributed by atoms with Gasteiger partial charge < -0.3 is 5.32 Å². The zero-order chi connectivity index (χ0) is 20.9. The Labute approximate surface area is 159 Å². The van der Waals surface area contributed by atoms with Gasteiger partial charge in [-0.05, 0) is 37.3 Å². The van der Waals surface area contributed by atoms with E-state index >= 15 is 0 Å². The lowest BCUT2D eigenvalue weighted by atomic mass is 10.2. The molecule has 0 bridgehead atoms. The summed E-state index contributed by atoms with van der Waals surface area (Å²) < 4.78 is 67.1. The predicted molar refractivity (Wildman–Crippen MR) is 98.3 cm³/mol. The molecule has 0 aliphatic heterocycles. The molecule has 8 heteroatoms. The number of hydrogen-bond donors (Lipinski definition) is 1. The summed E-state index contributed by atoms with van der Waals surface area (Å²) in [5.74, 6) is -1.13. The van der Waals surface area contributed by atoms with Crippen molar-refractivity contribution in [2.24, 2.45) is 0 Å². The molecule has 3 nitrogen and oxygen atoms in total. The molecule has 0 radical (unpaired) electrons. The number of hydrogen-bond acceptors (Lipinski definition) is 2. The molecule has 1 heterocycles. The Morgan fingerprint density at radius 3 is 2.21 bits per heavy atom. The second-order valence-corrected chi connectivity index (χ2v) is 5.69. The lowest BCUT2D eigenvalue weighted by molar-refractivity contribution is -0.141. The summed E-state index contributed by atoms with van der Waals surface area (Å²) in [6, 6.07) is 11.0. The molecule has 1 aromatic heterocycles. The van der Waals surface area contributed by atoms with E-state index in [1.165, 1.54) is 25.1 Å². The fraction of sp³-hybridized carbons (Fsp3) is 0.250. The molecule has 1 N–H and O–H groups in total. The van der Waals surface area contributed by atoms with Crippen molar-refractivity contribution >= 4 is 5.69 Å². The fourth-order valence-electron chi connectivity index (χ4n) is 2.48. The molecule has 0 amide bonds. The number of nitrogens with zero attached hydrogens (tertiary/aromatic N) is 2. The standard InChI is InChI=1S/C18H14F5N3.C2H6/c1-11-8-17(18(21,22)23)25-26(11)16-7-6-13(9-15(16)20)24-10-12-4-2-3-5-14(12)19;1-2/h2-9,24H,10H2,1H3;1-2H3. The maximum Gasteiger partial charge on any atom is 0.435 e. The molecule has 2 aromatic carbocycles. The molecule has 28 heavy (non-hydrogen) atoms. The van der Waals surface area contributed by atoms with Crippen molar-refractivity contribution in [3.63, 3.8) is 0 Å². The van der Waals surface area contributed by atoms with E-state index in [9.17, 15) is 22.0 Å². The van der Waals surface area contributed by atoms with Crippen LogP contribution in [-0.2, 0) is 12.7 Å². The first kappa shape index (κ1) is 21.4. The van der Waals surface area contributed by atoms with Crippen LogP contribution in [0.15, 0.2) is 48.5 Å². The molecule has 0 saturated heterocycles. The largest absolute Gasteiger partial charge is 0.435 e. The molecule has 0 saturated carbocycles. The SMILES string of the molecule is CC.Cc1cc(C(F)(F)F)nn1-c1ccc(NCc2ccccc2F)cc1F. The number of benzene rings is 2. The normalized spacial score (nSPS) is 11.0. The van der Waals surface area contributed by atoms with Gasteiger partial charge in [-0.25, -0.2) is 13.5 Å². The Hall–Kier alpha value is -2.90. The summed E-state index contributed by atoms with van der Waals surface area (Å²) in [4.78, 5) is 0. The third-order valence-corrected chi connectivity index (χ3v) is 3.79. The summed E-state index contributed by atoms with van der Waals surface area (Å²) in [7, 11) is 0. The van der Waals surface area contributed by atoms with E-state index in [2.05, 4.69) is 10.4 Å². The number of halogens is 5. The van der Waals surface area contributed by atoms with Crippen molar-refractivity contribution in [2.75, 3.05) is 5.32 Å². The van der Waals surface area contributed by atoms with Crippen molar-refractivity contribution in [1.82, 2.24) is 9.78 Å². The highest BCUT2D eigenvalue weighted by molar-refractivity contribution is 5.50. The molecule has 150 valence electrons. The van der Waals surface area contributed by atoms with Crippen LogP contribution in [0.25, 0.3) is 5.69 Å². The Balaban J connectivity index is 0.00000136. The maximum absolute atomic E-state index is 14.4. The van der Waals surface area contributed by atoms with Gasteiger partial charge in [0.1, 0.15) is 11.5 Å². The van der Waals surface area contributed by atoms with E-state index < -0.39 is 17.7 Å². The average molecular weight is 397 g/mol. The first-order valence-electron chi connectivity index (χ1n) is 8.67. The number of nitrogens with one attached hydrogen (secondary N) is 1. The lowest BCUT2D eigenvalue weighted by Gasteiger charge is -2.11. The average Bonchev–Trinajstić information content (AvgIpc) is 3.05. The molecular weight excluding hydrogens is 377 g/mol. The minimum absolute atomic E-state index is 0.102. The van der Waals surface area contributed by atoms with Crippen LogP contribution < -0.4 is 5.32 Å². The first-order chi connectivity index (χ1) is 13.3. The number of rotatable bonds is 4. The molecule has 0 unspecified atom stereocenters. The number of alkyl halides is 3. The molecule has 0 fully saturated rings. The molecule has 0 spiro atoms. The first-order valence-corrected chi connectivity index (χ1v) is 8.67. The molecule has 0 aliphatic rings. The van der Waals surface area contributed by atoms with E-state index in [1.807, 2.05) is 13.8 Å². The third-order valence-electron chi connectivity index (χ3n) is 3.79. The summed E-state index contributed by atoms with van der Waals surface area (Å²) in [6.45, 7) is 5.55. The Morgan fingerprint density at radius 1 is 0.964 bits per heavy atom. The highest BCUT2D eigenvalue weighted by Crippen LogP contribution is 2.30. The van der Waals surface area contributed by atoms with Crippen LogP contribution >= 0.6 is 0 Å². The van der Waals surface area contributed by atoms with Crippen LogP contribution in [0.1, 0.15) is 30.8 Å². The van der Waals surface area contributed by atoms with Gasteiger partial charge in [0.2, 0.25) is 0 Å². The van der Waals surface area contributed by atoms with Crippen LogP contribution in [0.3, 0.4) is 0 Å². The molecule has 0 atom stereocenters. The minimum atomic E-state index is -4.60. The second kappa shape index (κ2) is 8.86. The predicted octanol–water partition coefficient (Wildman–Crippen LogP) is 6.12. The van der Waals surface area contributed by atoms with Crippen LogP contribution in [-0.4, -0.2) is 9.78 Å². The van der Waals surface area contributed by atoms with Crippen molar-refractivity contribution in [2.45, 2.75) is 33.5 Å². The van der Waals surface area contributed by atoms with E-state index in [-0.39, 0.29) is 23.7 Å². The van der Waals surface area contributed by atoms with E-state index in [4.69, 9.17) is 0 Å². The quantitative estimate of drug-likeness (QED) is 0.538. The monoisotopic (exact) mass is 397 g/mol. The summed E-state index contributed by atoms with van der Waals surface area (Å²) in [5.41, 5.74) is -0.251. The zero-order valence-electron chi connectivity index (χ0n) is 15.6. The van der Waals surface area contributed by atoms with Crippen molar-refractivity contribution in [3.8, 4) is 5.69 Å². The van der Waals surface area contributed by atoms with E-state index in [0.717, 1.165) is 16.8 Å². The number of aromatic nitrogens is 2. The van der Waals surface area contributed by atoms with Crippen molar-refractivity contribution in [1.29, 1.82) is 0 Å².